The van der Waals surface area contributed by atoms with E-state index < -0.39 is 0 Å². The maximum absolute atomic E-state index is 5.95. The Balaban J connectivity index is 1.81. The number of aromatic amines is 1. The summed E-state index contributed by atoms with van der Waals surface area (Å²) in [5.41, 5.74) is 0.688. The zero-order valence-electron chi connectivity index (χ0n) is 10.8. The molecule has 0 spiro atoms. The predicted octanol–water partition coefficient (Wildman–Crippen LogP) is 3.53. The molecule has 1 fully saturated rings. The highest BCUT2D eigenvalue weighted by atomic mass is 35.5. The summed E-state index contributed by atoms with van der Waals surface area (Å²) in [5.74, 6) is 0.800. The summed E-state index contributed by atoms with van der Waals surface area (Å²) in [5, 5.41) is 11.5. The fourth-order valence-electron chi connectivity index (χ4n) is 2.71. The van der Waals surface area contributed by atoms with Crippen LogP contribution in [0.15, 0.2) is 6.20 Å². The minimum absolute atomic E-state index is 0.255. The minimum Gasteiger partial charge on any atom is -0.367 e. The van der Waals surface area contributed by atoms with Crippen molar-refractivity contribution in [3.8, 4) is 0 Å². The Hall–Kier alpha value is -1.36. The van der Waals surface area contributed by atoms with Crippen LogP contribution in [0.5, 0.6) is 0 Å². The first-order valence-electron chi connectivity index (χ1n) is 6.96. The van der Waals surface area contributed by atoms with Crippen LogP contribution in [0.25, 0.3) is 11.0 Å². The van der Waals surface area contributed by atoms with E-state index in [1.165, 1.54) is 44.9 Å². The Morgan fingerprint density at radius 2 is 1.84 bits per heavy atom. The Morgan fingerprint density at radius 3 is 2.63 bits per heavy atom. The molecule has 2 heterocycles. The first-order chi connectivity index (χ1) is 9.33. The summed E-state index contributed by atoms with van der Waals surface area (Å²) in [6.07, 6.45) is 10.8. The van der Waals surface area contributed by atoms with E-state index in [1.807, 2.05) is 0 Å². The molecule has 0 bridgehead atoms. The molecule has 0 radical (unpaired) electrons. The highest BCUT2D eigenvalue weighted by Gasteiger charge is 2.15. The lowest BCUT2D eigenvalue weighted by molar-refractivity contribution is 0.471. The van der Waals surface area contributed by atoms with Gasteiger partial charge in [-0.15, -0.1) is 0 Å². The fourth-order valence-corrected chi connectivity index (χ4v) is 2.88. The molecule has 1 saturated carbocycles. The summed E-state index contributed by atoms with van der Waals surface area (Å²) in [6.45, 7) is 0. The van der Waals surface area contributed by atoms with Crippen LogP contribution >= 0.6 is 11.6 Å². The number of anilines is 1. The van der Waals surface area contributed by atoms with Crippen molar-refractivity contribution in [1.29, 1.82) is 0 Å². The molecule has 5 nitrogen and oxygen atoms in total. The number of hydrogen-bond acceptors (Lipinski definition) is 4. The Bertz CT molecular complexity index is 545. The highest BCUT2D eigenvalue weighted by Crippen LogP contribution is 2.24. The van der Waals surface area contributed by atoms with Crippen molar-refractivity contribution in [3.63, 3.8) is 0 Å². The van der Waals surface area contributed by atoms with Gasteiger partial charge in [0, 0.05) is 6.04 Å². The summed E-state index contributed by atoms with van der Waals surface area (Å²) < 4.78 is 0. The average molecular weight is 280 g/mol. The molecular formula is C13H18ClN5. The number of nitrogens with zero attached hydrogens (tertiary/aromatic N) is 3. The molecule has 0 saturated heterocycles. The van der Waals surface area contributed by atoms with Gasteiger partial charge in [0.2, 0.25) is 5.28 Å². The van der Waals surface area contributed by atoms with Gasteiger partial charge >= 0.3 is 0 Å². The molecule has 0 unspecified atom stereocenters. The van der Waals surface area contributed by atoms with E-state index in [1.54, 1.807) is 6.20 Å². The van der Waals surface area contributed by atoms with Gasteiger partial charge in [0.1, 0.15) is 5.82 Å². The largest absolute Gasteiger partial charge is 0.367 e. The fraction of sp³-hybridized carbons (Fsp3) is 0.615. The van der Waals surface area contributed by atoms with Crippen LogP contribution in [0, 0.1) is 0 Å². The molecule has 19 heavy (non-hydrogen) atoms. The average Bonchev–Trinajstić information content (AvgIpc) is 2.80. The number of H-pyrrole nitrogens is 1. The molecule has 0 aliphatic heterocycles. The van der Waals surface area contributed by atoms with Crippen LogP contribution in [0.3, 0.4) is 0 Å². The van der Waals surface area contributed by atoms with Gasteiger partial charge in [-0.3, -0.25) is 5.10 Å². The summed E-state index contributed by atoms with van der Waals surface area (Å²) in [6, 6.07) is 0.476. The maximum atomic E-state index is 5.95. The molecule has 102 valence electrons. The molecule has 3 rings (SSSR count). The van der Waals surface area contributed by atoms with Crippen LogP contribution in [-0.4, -0.2) is 26.2 Å². The topological polar surface area (TPSA) is 66.5 Å². The van der Waals surface area contributed by atoms with E-state index in [-0.39, 0.29) is 5.28 Å². The second-order valence-electron chi connectivity index (χ2n) is 5.16. The quantitative estimate of drug-likeness (QED) is 0.825. The van der Waals surface area contributed by atoms with E-state index in [9.17, 15) is 0 Å². The standard InChI is InChI=1S/C13H18ClN5/c14-13-17-11(10-8-15-19-12(10)18-13)16-9-6-4-2-1-3-5-7-9/h8-9H,1-7H2,(H2,15,16,17,18,19). The molecule has 1 aliphatic carbocycles. The van der Waals surface area contributed by atoms with Gasteiger partial charge in [-0.25, -0.2) is 0 Å². The molecule has 2 aromatic rings. The number of hydrogen-bond donors (Lipinski definition) is 2. The lowest BCUT2D eigenvalue weighted by atomic mass is 9.97. The molecule has 2 aromatic heterocycles. The van der Waals surface area contributed by atoms with E-state index in [4.69, 9.17) is 11.6 Å². The van der Waals surface area contributed by atoms with Gasteiger partial charge in [0.15, 0.2) is 5.65 Å². The zero-order valence-corrected chi connectivity index (χ0v) is 11.6. The second kappa shape index (κ2) is 5.74. The Morgan fingerprint density at radius 1 is 1.11 bits per heavy atom. The van der Waals surface area contributed by atoms with Crippen molar-refractivity contribution in [2.24, 2.45) is 0 Å². The van der Waals surface area contributed by atoms with Crippen molar-refractivity contribution in [2.45, 2.75) is 51.0 Å². The SMILES string of the molecule is Clc1nc(NC2CCCCCCC2)c2cn[nH]c2n1. The van der Waals surface area contributed by atoms with Gasteiger partial charge in [0.05, 0.1) is 11.6 Å². The third-order valence-corrected chi connectivity index (χ3v) is 3.90. The van der Waals surface area contributed by atoms with E-state index in [0.29, 0.717) is 11.7 Å². The third-order valence-electron chi connectivity index (χ3n) is 3.73. The maximum Gasteiger partial charge on any atom is 0.226 e. The number of halogens is 1. The molecule has 0 aromatic carbocycles. The highest BCUT2D eigenvalue weighted by molar-refractivity contribution is 6.28. The van der Waals surface area contributed by atoms with Gasteiger partial charge < -0.3 is 5.32 Å². The van der Waals surface area contributed by atoms with Crippen LogP contribution in [0.4, 0.5) is 5.82 Å². The molecular weight excluding hydrogens is 262 g/mol. The first-order valence-corrected chi connectivity index (χ1v) is 7.34. The first kappa shape index (κ1) is 12.7. The molecule has 2 N–H and O–H groups in total. The van der Waals surface area contributed by atoms with E-state index >= 15 is 0 Å². The molecule has 0 atom stereocenters. The van der Waals surface area contributed by atoms with Gasteiger partial charge in [-0.1, -0.05) is 32.1 Å². The van der Waals surface area contributed by atoms with Crippen molar-refractivity contribution in [1.82, 2.24) is 20.2 Å². The number of aromatic nitrogens is 4. The monoisotopic (exact) mass is 279 g/mol. The number of rotatable bonds is 2. The van der Waals surface area contributed by atoms with Crippen LogP contribution in [0.2, 0.25) is 5.28 Å². The van der Waals surface area contributed by atoms with Crippen molar-refractivity contribution in [3.05, 3.63) is 11.5 Å². The molecule has 1 aliphatic rings. The second-order valence-corrected chi connectivity index (χ2v) is 5.50. The predicted molar refractivity (Wildman–Crippen MR) is 76.4 cm³/mol. The van der Waals surface area contributed by atoms with Crippen molar-refractivity contribution >= 4 is 28.5 Å². The summed E-state index contributed by atoms with van der Waals surface area (Å²) in [4.78, 5) is 8.42. The van der Waals surface area contributed by atoms with Crippen LogP contribution < -0.4 is 5.32 Å². The van der Waals surface area contributed by atoms with Crippen LogP contribution in [0.1, 0.15) is 44.9 Å². The lowest BCUT2D eigenvalue weighted by Gasteiger charge is -2.21. The van der Waals surface area contributed by atoms with E-state index in [0.717, 1.165) is 11.2 Å². The number of nitrogens with one attached hydrogen (secondary N) is 2. The van der Waals surface area contributed by atoms with Crippen LogP contribution in [-0.2, 0) is 0 Å². The normalized spacial score (nSPS) is 18.2. The van der Waals surface area contributed by atoms with Crippen molar-refractivity contribution < 1.29 is 0 Å². The molecule has 6 heteroatoms. The van der Waals surface area contributed by atoms with Gasteiger partial charge in [-0.2, -0.15) is 15.1 Å². The smallest absolute Gasteiger partial charge is 0.226 e. The molecule has 0 amide bonds. The van der Waals surface area contributed by atoms with E-state index in [2.05, 4.69) is 25.5 Å². The number of fused-ring (bicyclic) bond motifs is 1. The van der Waals surface area contributed by atoms with Gasteiger partial charge in [-0.05, 0) is 24.4 Å². The third kappa shape index (κ3) is 2.97. The van der Waals surface area contributed by atoms with Crippen molar-refractivity contribution in [2.75, 3.05) is 5.32 Å². The zero-order chi connectivity index (χ0) is 13.1. The minimum atomic E-state index is 0.255. The summed E-state index contributed by atoms with van der Waals surface area (Å²) in [7, 11) is 0. The Kier molecular flexibility index (Phi) is 3.82. The summed E-state index contributed by atoms with van der Waals surface area (Å²) >= 11 is 5.95. The lowest BCUT2D eigenvalue weighted by Crippen LogP contribution is -2.21. The van der Waals surface area contributed by atoms with Gasteiger partial charge in [0.25, 0.3) is 0 Å². The Labute approximate surface area is 117 Å².